The quantitative estimate of drug-likeness (QED) is 0.683. The average molecular weight is 425 g/mol. The van der Waals surface area contributed by atoms with Crippen molar-refractivity contribution in [2.75, 3.05) is 44.6 Å². The van der Waals surface area contributed by atoms with Crippen molar-refractivity contribution in [3.05, 3.63) is 65.7 Å². The van der Waals surface area contributed by atoms with Crippen molar-refractivity contribution >= 4 is 17.6 Å². The van der Waals surface area contributed by atoms with Crippen LogP contribution in [0.5, 0.6) is 0 Å². The topological polar surface area (TPSA) is 73.9 Å². The molecule has 0 bridgehead atoms. The average Bonchev–Trinajstić information content (AvgIpc) is 2.80. The van der Waals surface area contributed by atoms with E-state index in [-0.39, 0.29) is 18.0 Å². The van der Waals surface area contributed by atoms with E-state index in [2.05, 4.69) is 27.7 Å². The zero-order valence-electron chi connectivity index (χ0n) is 18.3. The number of carbonyl (C=O) groups is 2. The molecule has 1 heterocycles. The third-order valence-electron chi connectivity index (χ3n) is 5.40. The lowest BCUT2D eigenvalue weighted by Gasteiger charge is -2.33. The molecule has 166 valence electrons. The molecule has 1 unspecified atom stereocenters. The second-order valence-electron chi connectivity index (χ2n) is 7.60. The van der Waals surface area contributed by atoms with Crippen LogP contribution in [0.15, 0.2) is 54.6 Å². The number of amides is 3. The van der Waals surface area contributed by atoms with Crippen molar-refractivity contribution in [3.8, 4) is 0 Å². The van der Waals surface area contributed by atoms with Crippen molar-refractivity contribution in [1.82, 2.24) is 15.1 Å². The summed E-state index contributed by atoms with van der Waals surface area (Å²) in [7, 11) is 0. The molecule has 7 nitrogen and oxygen atoms in total. The Kier molecular flexibility index (Phi) is 8.44. The number of hydrogen-bond acceptors (Lipinski definition) is 4. The van der Waals surface area contributed by atoms with Crippen molar-refractivity contribution in [2.45, 2.75) is 26.5 Å². The Morgan fingerprint density at radius 1 is 1.06 bits per heavy atom. The van der Waals surface area contributed by atoms with Crippen LogP contribution in [-0.2, 0) is 11.3 Å². The first-order valence-electron chi connectivity index (χ1n) is 10.9. The molecule has 31 heavy (non-hydrogen) atoms. The highest BCUT2D eigenvalue weighted by molar-refractivity contribution is 5.95. The summed E-state index contributed by atoms with van der Waals surface area (Å²) < 4.78 is 5.81. The first-order valence-corrected chi connectivity index (χ1v) is 10.9. The predicted octanol–water partition coefficient (Wildman–Crippen LogP) is 3.19. The Labute approximate surface area is 184 Å². The highest BCUT2D eigenvalue weighted by Gasteiger charge is 2.21. The Morgan fingerprint density at radius 3 is 2.45 bits per heavy atom. The smallest absolute Gasteiger partial charge is 0.319 e. The van der Waals surface area contributed by atoms with Crippen LogP contribution < -0.4 is 10.6 Å². The highest BCUT2D eigenvalue weighted by Crippen LogP contribution is 2.13. The maximum absolute atomic E-state index is 12.4. The van der Waals surface area contributed by atoms with Crippen LogP contribution in [0.3, 0.4) is 0 Å². The van der Waals surface area contributed by atoms with Gasteiger partial charge in [-0.2, -0.15) is 0 Å². The standard InChI is InChI=1S/C24H32N4O3/c1-3-28(4-2)23(29)20-10-12-21(13-11-20)26-24(30)25-16-22-18-27(14-15-31-22)17-19-8-6-5-7-9-19/h5-13,22H,3-4,14-18H2,1-2H3,(H2,25,26,30). The molecular formula is C24H32N4O3. The number of carbonyl (C=O) groups excluding carboxylic acids is 2. The lowest BCUT2D eigenvalue weighted by atomic mass is 10.2. The van der Waals surface area contributed by atoms with E-state index in [1.54, 1.807) is 29.2 Å². The minimum atomic E-state index is -0.286. The summed E-state index contributed by atoms with van der Waals surface area (Å²) in [5.41, 5.74) is 2.53. The summed E-state index contributed by atoms with van der Waals surface area (Å²) in [6, 6.07) is 17.0. The Balaban J connectivity index is 1.44. The van der Waals surface area contributed by atoms with E-state index < -0.39 is 0 Å². The molecule has 3 amide bonds. The Morgan fingerprint density at radius 2 is 1.77 bits per heavy atom. The van der Waals surface area contributed by atoms with E-state index >= 15 is 0 Å². The SMILES string of the molecule is CCN(CC)C(=O)c1ccc(NC(=O)NCC2CN(Cc3ccccc3)CCO2)cc1. The third-order valence-corrected chi connectivity index (χ3v) is 5.40. The second kappa shape index (κ2) is 11.5. The lowest BCUT2D eigenvalue weighted by Crippen LogP contribution is -2.47. The third kappa shape index (κ3) is 6.80. The fourth-order valence-corrected chi connectivity index (χ4v) is 3.66. The van der Waals surface area contributed by atoms with E-state index in [9.17, 15) is 9.59 Å². The molecule has 1 fully saturated rings. The maximum atomic E-state index is 12.4. The molecule has 2 aromatic carbocycles. The van der Waals surface area contributed by atoms with E-state index in [1.165, 1.54) is 5.56 Å². The van der Waals surface area contributed by atoms with Gasteiger partial charge in [-0.3, -0.25) is 9.69 Å². The summed E-state index contributed by atoms with van der Waals surface area (Å²) >= 11 is 0. The molecule has 0 aromatic heterocycles. The number of hydrogen-bond donors (Lipinski definition) is 2. The van der Waals surface area contributed by atoms with E-state index in [0.717, 1.165) is 19.6 Å². The van der Waals surface area contributed by atoms with Crippen LogP contribution >= 0.6 is 0 Å². The van der Waals surface area contributed by atoms with Crippen molar-refractivity contribution in [1.29, 1.82) is 0 Å². The molecular weight excluding hydrogens is 392 g/mol. The molecule has 1 aliphatic rings. The van der Waals surface area contributed by atoms with Gasteiger partial charge in [0.15, 0.2) is 0 Å². The molecule has 1 aliphatic heterocycles. The molecule has 0 saturated carbocycles. The molecule has 1 saturated heterocycles. The monoisotopic (exact) mass is 424 g/mol. The molecule has 0 radical (unpaired) electrons. The first kappa shape index (κ1) is 22.8. The first-order chi connectivity index (χ1) is 15.1. The molecule has 3 rings (SSSR count). The minimum Gasteiger partial charge on any atom is -0.374 e. The number of benzene rings is 2. The van der Waals surface area contributed by atoms with Crippen LogP contribution in [0.1, 0.15) is 29.8 Å². The Hall–Kier alpha value is -2.90. The zero-order valence-corrected chi connectivity index (χ0v) is 18.3. The fourth-order valence-electron chi connectivity index (χ4n) is 3.66. The highest BCUT2D eigenvalue weighted by atomic mass is 16.5. The van der Waals surface area contributed by atoms with Gasteiger partial charge in [-0.05, 0) is 43.7 Å². The van der Waals surface area contributed by atoms with E-state index in [1.807, 2.05) is 32.0 Å². The number of nitrogens with zero attached hydrogens (tertiary/aromatic N) is 2. The van der Waals surface area contributed by atoms with Crippen molar-refractivity contribution in [3.63, 3.8) is 0 Å². The van der Waals surface area contributed by atoms with Crippen LogP contribution in [0, 0.1) is 0 Å². The number of ether oxygens (including phenoxy) is 1. The van der Waals surface area contributed by atoms with Gasteiger partial charge in [0.1, 0.15) is 0 Å². The van der Waals surface area contributed by atoms with Gasteiger partial charge in [0.25, 0.3) is 5.91 Å². The number of nitrogens with one attached hydrogen (secondary N) is 2. The van der Waals surface area contributed by atoms with Gasteiger partial charge in [-0.25, -0.2) is 4.79 Å². The largest absolute Gasteiger partial charge is 0.374 e. The van der Waals surface area contributed by atoms with Gasteiger partial charge in [0.05, 0.1) is 12.7 Å². The van der Waals surface area contributed by atoms with E-state index in [4.69, 9.17) is 4.74 Å². The van der Waals surface area contributed by atoms with Crippen LogP contribution in [0.25, 0.3) is 0 Å². The van der Waals surface area contributed by atoms with Crippen molar-refractivity contribution < 1.29 is 14.3 Å². The van der Waals surface area contributed by atoms with Gasteiger partial charge in [-0.15, -0.1) is 0 Å². The minimum absolute atomic E-state index is 0.00416. The van der Waals surface area contributed by atoms with Crippen LogP contribution in [-0.4, -0.2) is 67.2 Å². The summed E-state index contributed by atoms with van der Waals surface area (Å²) in [4.78, 5) is 28.8. The number of morpholine rings is 1. The summed E-state index contributed by atoms with van der Waals surface area (Å²) in [5.74, 6) is -0.00416. The number of rotatable bonds is 8. The second-order valence-corrected chi connectivity index (χ2v) is 7.60. The lowest BCUT2D eigenvalue weighted by molar-refractivity contribution is -0.0285. The molecule has 7 heteroatoms. The Bertz CT molecular complexity index is 838. The zero-order chi connectivity index (χ0) is 22.1. The van der Waals surface area contributed by atoms with Gasteiger partial charge < -0.3 is 20.3 Å². The van der Waals surface area contributed by atoms with Gasteiger partial charge in [0.2, 0.25) is 0 Å². The molecule has 0 spiro atoms. The predicted molar refractivity (Wildman–Crippen MR) is 122 cm³/mol. The summed E-state index contributed by atoms with van der Waals surface area (Å²) in [6.45, 7) is 8.89. The van der Waals surface area contributed by atoms with Crippen molar-refractivity contribution in [2.24, 2.45) is 0 Å². The summed E-state index contributed by atoms with van der Waals surface area (Å²) in [5, 5.41) is 5.69. The maximum Gasteiger partial charge on any atom is 0.319 e. The van der Waals surface area contributed by atoms with E-state index in [0.29, 0.717) is 37.5 Å². The summed E-state index contributed by atoms with van der Waals surface area (Å²) in [6.07, 6.45) is -0.0442. The van der Waals surface area contributed by atoms with Gasteiger partial charge in [0, 0.05) is 50.5 Å². The molecule has 0 aliphatic carbocycles. The molecule has 2 aromatic rings. The normalized spacial score (nSPS) is 16.5. The fraction of sp³-hybridized carbons (Fsp3) is 0.417. The molecule has 1 atom stereocenters. The number of urea groups is 1. The molecule has 2 N–H and O–H groups in total. The van der Waals surface area contributed by atoms with Crippen LogP contribution in [0.2, 0.25) is 0 Å². The van der Waals surface area contributed by atoms with Crippen LogP contribution in [0.4, 0.5) is 10.5 Å². The van der Waals surface area contributed by atoms with Gasteiger partial charge >= 0.3 is 6.03 Å². The van der Waals surface area contributed by atoms with Gasteiger partial charge in [-0.1, -0.05) is 30.3 Å². The number of anilines is 1.